The maximum absolute atomic E-state index is 10.9. The van der Waals surface area contributed by atoms with E-state index in [1.165, 1.54) is 0 Å². The van der Waals surface area contributed by atoms with E-state index in [2.05, 4.69) is 0 Å². The summed E-state index contributed by atoms with van der Waals surface area (Å²) in [7, 11) is 0. The van der Waals surface area contributed by atoms with Crippen LogP contribution in [-0.4, -0.2) is 60.7 Å². The van der Waals surface area contributed by atoms with Crippen molar-refractivity contribution in [3.05, 3.63) is 0 Å². The van der Waals surface area contributed by atoms with Crippen molar-refractivity contribution in [1.82, 2.24) is 0 Å². The van der Waals surface area contributed by atoms with Crippen LogP contribution in [-0.2, 0) is 23.9 Å². The standard InChI is InChI=1S/C19H38O8S2/c1-3-14(20)9-10-15(21)11-12-17-13-16(25-28-26-17)7-5-6-8-19(18(22)4-2)27-29(23)24/h14-22H,3-13H2,1-2H3,(H,23,24)/t14?,15?,16?,17?,18?,19-/m1/s1. The summed E-state index contributed by atoms with van der Waals surface area (Å²) < 4.78 is 35.8. The molecule has 0 bridgehead atoms. The summed E-state index contributed by atoms with van der Waals surface area (Å²) in [4.78, 5) is 0. The molecular formula is C19H38O8S2. The molecule has 1 saturated heterocycles. The minimum Gasteiger partial charge on any atom is -0.393 e. The highest BCUT2D eigenvalue weighted by molar-refractivity contribution is 7.89. The second-order valence-electron chi connectivity index (χ2n) is 7.72. The first kappa shape index (κ1) is 27.3. The van der Waals surface area contributed by atoms with E-state index in [9.17, 15) is 19.5 Å². The summed E-state index contributed by atoms with van der Waals surface area (Å²) in [5, 5.41) is 29.5. The van der Waals surface area contributed by atoms with Gasteiger partial charge < -0.3 is 15.3 Å². The Morgan fingerprint density at radius 1 is 0.966 bits per heavy atom. The topological polar surface area (TPSA) is 126 Å². The second-order valence-corrected chi connectivity index (χ2v) is 8.87. The van der Waals surface area contributed by atoms with Crippen LogP contribution in [0.4, 0.5) is 0 Å². The van der Waals surface area contributed by atoms with Crippen LogP contribution >= 0.6 is 12.3 Å². The summed E-state index contributed by atoms with van der Waals surface area (Å²) >= 11 is -1.38. The average molecular weight is 459 g/mol. The van der Waals surface area contributed by atoms with Crippen LogP contribution in [0.2, 0.25) is 0 Å². The van der Waals surface area contributed by atoms with Crippen molar-refractivity contribution in [2.45, 2.75) is 121 Å². The number of unbranched alkanes of at least 4 members (excludes halogenated alkanes) is 1. The van der Waals surface area contributed by atoms with E-state index in [1.54, 1.807) is 6.92 Å². The van der Waals surface area contributed by atoms with Gasteiger partial charge in [-0.15, -0.1) is 0 Å². The van der Waals surface area contributed by atoms with Gasteiger partial charge in [-0.1, -0.05) is 26.7 Å². The highest BCUT2D eigenvalue weighted by Crippen LogP contribution is 2.30. The normalized spacial score (nSPS) is 25.3. The molecule has 1 fully saturated rings. The van der Waals surface area contributed by atoms with Gasteiger partial charge in [0.05, 0.1) is 30.5 Å². The lowest BCUT2D eigenvalue weighted by Crippen LogP contribution is -2.29. The first-order valence-corrected chi connectivity index (χ1v) is 12.4. The Morgan fingerprint density at radius 2 is 1.62 bits per heavy atom. The summed E-state index contributed by atoms with van der Waals surface area (Å²) in [5.41, 5.74) is 0. The maximum atomic E-state index is 10.9. The van der Waals surface area contributed by atoms with Crippen LogP contribution in [0.5, 0.6) is 0 Å². The van der Waals surface area contributed by atoms with E-state index in [-0.39, 0.29) is 18.3 Å². The highest BCUT2D eigenvalue weighted by Gasteiger charge is 2.26. The molecule has 1 rings (SSSR count). The molecule has 0 aliphatic carbocycles. The van der Waals surface area contributed by atoms with Gasteiger partial charge in [0.15, 0.2) is 12.3 Å². The SMILES string of the molecule is CCC(O)CCC(O)CCC1CC(CCCC[C@@H](OS(=O)O)C(O)CC)OSO1. The molecule has 29 heavy (non-hydrogen) atoms. The lowest BCUT2D eigenvalue weighted by atomic mass is 9.98. The predicted molar refractivity (Wildman–Crippen MR) is 113 cm³/mol. The number of hydrogen-bond acceptors (Lipinski definition) is 8. The zero-order valence-corrected chi connectivity index (χ0v) is 19.1. The first-order valence-electron chi connectivity index (χ1n) is 10.7. The van der Waals surface area contributed by atoms with Gasteiger partial charge in [-0.3, -0.25) is 17.1 Å². The molecule has 6 unspecified atom stereocenters. The van der Waals surface area contributed by atoms with Crippen LogP contribution in [0.15, 0.2) is 0 Å². The molecule has 1 heterocycles. The van der Waals surface area contributed by atoms with Gasteiger partial charge in [-0.2, -0.15) is 4.21 Å². The Hall–Kier alpha value is 0.220. The second kappa shape index (κ2) is 15.9. The van der Waals surface area contributed by atoms with Gasteiger partial charge >= 0.3 is 11.4 Å². The van der Waals surface area contributed by atoms with Gasteiger partial charge in [0.2, 0.25) is 0 Å². The van der Waals surface area contributed by atoms with Gasteiger partial charge in [-0.05, 0) is 51.4 Å². The van der Waals surface area contributed by atoms with Gasteiger partial charge in [0.1, 0.15) is 6.10 Å². The van der Waals surface area contributed by atoms with Crippen molar-refractivity contribution in [3.8, 4) is 0 Å². The number of aliphatic hydroxyl groups is 3. The largest absolute Gasteiger partial charge is 0.393 e. The fraction of sp³-hybridized carbons (Fsp3) is 1.00. The molecule has 8 nitrogen and oxygen atoms in total. The van der Waals surface area contributed by atoms with E-state index >= 15 is 0 Å². The summed E-state index contributed by atoms with van der Waals surface area (Å²) in [6.07, 6.45) is 5.39. The maximum Gasteiger partial charge on any atom is 0.302 e. The third-order valence-electron chi connectivity index (χ3n) is 5.32. The molecule has 174 valence electrons. The molecule has 0 aromatic rings. The summed E-state index contributed by atoms with van der Waals surface area (Å²) in [6.45, 7) is 3.73. The monoisotopic (exact) mass is 458 g/mol. The predicted octanol–water partition coefficient (Wildman–Crippen LogP) is 3.27. The van der Waals surface area contributed by atoms with Crippen molar-refractivity contribution >= 4 is 23.7 Å². The van der Waals surface area contributed by atoms with E-state index in [1.807, 2.05) is 6.92 Å². The molecule has 0 spiro atoms. The number of rotatable bonds is 16. The van der Waals surface area contributed by atoms with Gasteiger partial charge in [-0.25, -0.2) is 0 Å². The Labute approximate surface area is 181 Å². The van der Waals surface area contributed by atoms with Crippen LogP contribution in [0.1, 0.15) is 84.5 Å². The summed E-state index contributed by atoms with van der Waals surface area (Å²) in [6, 6.07) is 0. The molecule has 0 saturated carbocycles. The average Bonchev–Trinajstić information content (AvgIpc) is 2.72. The Bertz CT molecular complexity index is 442. The smallest absolute Gasteiger partial charge is 0.302 e. The van der Waals surface area contributed by atoms with Crippen molar-refractivity contribution in [1.29, 1.82) is 0 Å². The molecular weight excluding hydrogens is 420 g/mol. The lowest BCUT2D eigenvalue weighted by Gasteiger charge is -2.28. The third-order valence-corrected chi connectivity index (χ3v) is 6.43. The van der Waals surface area contributed by atoms with Crippen LogP contribution in [0, 0.1) is 0 Å². The fourth-order valence-electron chi connectivity index (χ4n) is 3.34. The number of hydrogen-bond donors (Lipinski definition) is 4. The Balaban J connectivity index is 2.23. The molecule has 7 atom stereocenters. The number of aliphatic hydroxyl groups excluding tert-OH is 3. The summed E-state index contributed by atoms with van der Waals surface area (Å²) in [5.74, 6) is 0. The van der Waals surface area contributed by atoms with Gasteiger partial charge in [0, 0.05) is 6.42 Å². The van der Waals surface area contributed by atoms with Crippen molar-refractivity contribution in [2.24, 2.45) is 0 Å². The van der Waals surface area contributed by atoms with E-state index in [4.69, 9.17) is 17.1 Å². The molecule has 0 radical (unpaired) electrons. The van der Waals surface area contributed by atoms with E-state index in [0.717, 1.165) is 44.4 Å². The molecule has 4 N–H and O–H groups in total. The zero-order valence-electron chi connectivity index (χ0n) is 17.5. The highest BCUT2D eigenvalue weighted by atomic mass is 32.2. The third kappa shape index (κ3) is 12.6. The van der Waals surface area contributed by atoms with E-state index in [0.29, 0.717) is 38.5 Å². The van der Waals surface area contributed by atoms with Crippen molar-refractivity contribution < 1.29 is 36.6 Å². The molecule has 1 aliphatic rings. The Morgan fingerprint density at radius 3 is 2.24 bits per heavy atom. The van der Waals surface area contributed by atoms with Crippen LogP contribution in [0.25, 0.3) is 0 Å². The lowest BCUT2D eigenvalue weighted by molar-refractivity contribution is 0.0285. The fourth-order valence-corrected chi connectivity index (χ4v) is 4.39. The quantitative estimate of drug-likeness (QED) is 0.157. The molecule has 10 heteroatoms. The minimum atomic E-state index is -2.38. The molecule has 0 aromatic carbocycles. The molecule has 0 amide bonds. The minimum absolute atomic E-state index is 0.0271. The van der Waals surface area contributed by atoms with Crippen molar-refractivity contribution in [2.75, 3.05) is 0 Å². The van der Waals surface area contributed by atoms with E-state index < -0.39 is 29.7 Å². The molecule has 0 aromatic heterocycles. The van der Waals surface area contributed by atoms with Crippen molar-refractivity contribution in [3.63, 3.8) is 0 Å². The van der Waals surface area contributed by atoms with Crippen LogP contribution in [0.3, 0.4) is 0 Å². The Kier molecular flexibility index (Phi) is 15.0. The molecule has 1 aliphatic heterocycles. The van der Waals surface area contributed by atoms with Crippen LogP contribution < -0.4 is 0 Å². The first-order chi connectivity index (χ1) is 13.8. The van der Waals surface area contributed by atoms with Gasteiger partial charge in [0.25, 0.3) is 0 Å². The zero-order chi connectivity index (χ0) is 21.6.